The van der Waals surface area contributed by atoms with E-state index in [-0.39, 0.29) is 11.3 Å². The van der Waals surface area contributed by atoms with E-state index in [2.05, 4.69) is 37.8 Å². The molecule has 1 atom stereocenters. The van der Waals surface area contributed by atoms with E-state index < -0.39 is 5.97 Å². The topological polar surface area (TPSA) is 96.1 Å². The number of aliphatic imine (C=N–C) groups is 1. The van der Waals surface area contributed by atoms with Gasteiger partial charge in [0, 0.05) is 11.6 Å². The fourth-order valence-corrected chi connectivity index (χ4v) is 3.98. The van der Waals surface area contributed by atoms with Crippen molar-refractivity contribution in [2.75, 3.05) is 12.9 Å². The van der Waals surface area contributed by atoms with Crippen LogP contribution in [0.2, 0.25) is 0 Å². The summed E-state index contributed by atoms with van der Waals surface area (Å²) < 4.78 is 12.1. The zero-order chi connectivity index (χ0) is 19.7. The molecule has 1 aromatic heterocycles. The number of fused-ring (bicyclic) bond motifs is 1. The third-order valence-corrected chi connectivity index (χ3v) is 5.70. The molecule has 144 valence electrons. The Labute approximate surface area is 173 Å². The summed E-state index contributed by atoms with van der Waals surface area (Å²) in [6.07, 6.45) is 0. The maximum absolute atomic E-state index is 10.7. The van der Waals surface area contributed by atoms with Crippen molar-refractivity contribution in [2.24, 2.45) is 4.99 Å². The second-order valence-electron chi connectivity index (χ2n) is 6.02. The van der Waals surface area contributed by atoms with Crippen LogP contribution in [-0.4, -0.2) is 35.3 Å². The van der Waals surface area contributed by atoms with E-state index >= 15 is 0 Å². The maximum Gasteiger partial charge on any atom is 0.313 e. The van der Waals surface area contributed by atoms with Crippen molar-refractivity contribution in [3.05, 3.63) is 52.7 Å². The lowest BCUT2D eigenvalue weighted by atomic mass is 10.1. The van der Waals surface area contributed by atoms with Gasteiger partial charge in [0.05, 0.1) is 17.3 Å². The summed E-state index contributed by atoms with van der Waals surface area (Å²) in [4.78, 5) is 15.1. The van der Waals surface area contributed by atoms with Crippen LogP contribution in [0.15, 0.2) is 56.3 Å². The first-order chi connectivity index (χ1) is 13.5. The fourth-order valence-electron chi connectivity index (χ4n) is 2.84. The Bertz CT molecular complexity index is 1080. The van der Waals surface area contributed by atoms with Gasteiger partial charge in [0.25, 0.3) is 0 Å². The summed E-state index contributed by atoms with van der Waals surface area (Å²) in [5.41, 5.74) is 6.41. The third-order valence-electron chi connectivity index (χ3n) is 4.15. The molecule has 3 N–H and O–H groups in total. The number of halogens is 1. The maximum atomic E-state index is 10.7. The van der Waals surface area contributed by atoms with E-state index in [1.165, 1.54) is 11.8 Å². The largest absolute Gasteiger partial charge is 0.497 e. The zero-order valence-electron chi connectivity index (χ0n) is 14.7. The number of hydrogen-bond donors (Lipinski definition) is 3. The smallest absolute Gasteiger partial charge is 0.313 e. The third kappa shape index (κ3) is 3.87. The molecule has 4 rings (SSSR count). The number of carbonyl (C=O) groups is 1. The Kier molecular flexibility index (Phi) is 5.29. The van der Waals surface area contributed by atoms with Crippen LogP contribution in [0, 0.1) is 0 Å². The highest BCUT2D eigenvalue weighted by Crippen LogP contribution is 2.34. The number of amidine groups is 1. The van der Waals surface area contributed by atoms with Gasteiger partial charge in [-0.05, 0) is 44.9 Å². The van der Waals surface area contributed by atoms with Crippen molar-refractivity contribution >= 4 is 50.3 Å². The van der Waals surface area contributed by atoms with E-state index in [0.29, 0.717) is 17.4 Å². The van der Waals surface area contributed by atoms with Crippen molar-refractivity contribution in [2.45, 2.75) is 5.50 Å². The van der Waals surface area contributed by atoms with Gasteiger partial charge < -0.3 is 19.7 Å². The highest BCUT2D eigenvalue weighted by atomic mass is 79.9. The molecule has 1 aliphatic heterocycles. The first kappa shape index (κ1) is 18.9. The molecule has 0 saturated carbocycles. The number of carboxylic acids is 1. The monoisotopic (exact) mass is 461 g/mol. The van der Waals surface area contributed by atoms with Gasteiger partial charge in [-0.1, -0.05) is 18.2 Å². The lowest BCUT2D eigenvalue weighted by Gasteiger charge is -2.05. The lowest BCUT2D eigenvalue weighted by molar-refractivity contribution is -0.133. The predicted molar refractivity (Wildman–Crippen MR) is 113 cm³/mol. The van der Waals surface area contributed by atoms with E-state index in [1.807, 2.05) is 36.4 Å². The quantitative estimate of drug-likeness (QED) is 0.513. The van der Waals surface area contributed by atoms with Crippen LogP contribution in [0.3, 0.4) is 0 Å². The molecule has 0 spiro atoms. The van der Waals surface area contributed by atoms with Crippen LogP contribution in [0.5, 0.6) is 5.75 Å². The molecule has 2 aromatic carbocycles. The summed E-state index contributed by atoms with van der Waals surface area (Å²) in [6, 6.07) is 13.8. The van der Waals surface area contributed by atoms with Crippen LogP contribution in [0.1, 0.15) is 5.76 Å². The molecule has 0 aliphatic carbocycles. The zero-order valence-corrected chi connectivity index (χ0v) is 17.1. The molecule has 0 fully saturated rings. The van der Waals surface area contributed by atoms with Crippen LogP contribution in [0.25, 0.3) is 22.1 Å². The number of methoxy groups -OCH3 is 1. The van der Waals surface area contributed by atoms with E-state index in [0.717, 1.165) is 26.6 Å². The number of carboxylic acid groups (broad SMARTS) is 1. The molecule has 1 unspecified atom stereocenters. The van der Waals surface area contributed by atoms with Crippen LogP contribution in [0.4, 0.5) is 0 Å². The van der Waals surface area contributed by atoms with Crippen molar-refractivity contribution in [1.82, 2.24) is 10.9 Å². The summed E-state index contributed by atoms with van der Waals surface area (Å²) in [6.45, 7) is 0. The van der Waals surface area contributed by atoms with Crippen LogP contribution < -0.4 is 15.6 Å². The Morgan fingerprint density at radius 2 is 2.07 bits per heavy atom. The number of rotatable bonds is 6. The number of nitrogens with zero attached hydrogens (tertiary/aromatic N) is 1. The number of ether oxygens (including phenoxy) is 1. The molecule has 0 saturated heterocycles. The predicted octanol–water partition coefficient (Wildman–Crippen LogP) is 3.83. The molecule has 7 nitrogen and oxygen atoms in total. The second kappa shape index (κ2) is 7.86. The second-order valence-corrected chi connectivity index (χ2v) is 7.94. The number of hydrazine groups is 1. The number of hydrogen-bond acceptors (Lipinski definition) is 7. The van der Waals surface area contributed by atoms with Crippen molar-refractivity contribution < 1.29 is 19.1 Å². The number of nitrogens with one attached hydrogen (secondary N) is 2. The number of aliphatic carboxylic acids is 1. The minimum Gasteiger partial charge on any atom is -0.497 e. The average molecular weight is 462 g/mol. The highest BCUT2D eigenvalue weighted by molar-refractivity contribution is 9.10. The molecule has 0 amide bonds. The first-order valence-electron chi connectivity index (χ1n) is 8.34. The lowest BCUT2D eigenvalue weighted by Crippen LogP contribution is -2.34. The number of benzene rings is 2. The molecule has 0 radical (unpaired) electrons. The van der Waals surface area contributed by atoms with Crippen LogP contribution in [-0.2, 0) is 4.79 Å². The number of furan rings is 1. The summed E-state index contributed by atoms with van der Waals surface area (Å²) in [7, 11) is 1.65. The van der Waals surface area contributed by atoms with Gasteiger partial charge in [0.1, 0.15) is 11.5 Å². The highest BCUT2D eigenvalue weighted by Gasteiger charge is 2.22. The first-order valence-corrected chi connectivity index (χ1v) is 10.2. The average Bonchev–Trinajstić information content (AvgIpc) is 3.32. The molecular formula is C19H16BrN3O4S. The molecule has 2 heterocycles. The Morgan fingerprint density at radius 3 is 2.86 bits per heavy atom. The van der Waals surface area contributed by atoms with E-state index in [4.69, 9.17) is 14.3 Å². The van der Waals surface area contributed by atoms with Gasteiger partial charge in [0.15, 0.2) is 17.1 Å². The van der Waals surface area contributed by atoms with Gasteiger partial charge in [0.2, 0.25) is 0 Å². The van der Waals surface area contributed by atoms with E-state index in [1.54, 1.807) is 7.11 Å². The minimum absolute atomic E-state index is 0.0366. The van der Waals surface area contributed by atoms with E-state index in [9.17, 15) is 4.79 Å². The fraction of sp³-hybridized carbons (Fsp3) is 0.158. The molecule has 9 heteroatoms. The summed E-state index contributed by atoms with van der Waals surface area (Å²) in [5.74, 6) is 1.68. The van der Waals surface area contributed by atoms with Gasteiger partial charge in [-0.15, -0.1) is 11.8 Å². The molecular weight excluding hydrogens is 446 g/mol. The van der Waals surface area contributed by atoms with Crippen molar-refractivity contribution in [3.8, 4) is 17.1 Å². The van der Waals surface area contributed by atoms with Gasteiger partial charge in [-0.2, -0.15) is 0 Å². The van der Waals surface area contributed by atoms with Gasteiger partial charge in [-0.3, -0.25) is 4.79 Å². The number of thioether (sulfide) groups is 1. The Hall–Kier alpha value is -2.49. The molecule has 3 aromatic rings. The Balaban J connectivity index is 1.60. The summed E-state index contributed by atoms with van der Waals surface area (Å²) >= 11 is 4.73. The summed E-state index contributed by atoms with van der Waals surface area (Å²) in [5, 5.41) is 10.9. The molecule has 1 aliphatic rings. The minimum atomic E-state index is -0.882. The van der Waals surface area contributed by atoms with Crippen molar-refractivity contribution in [1.29, 1.82) is 0 Å². The SMILES string of the molecule is COc1ccc2cc(-c3oc(C4=NC(SCC(=O)O)NN4)cc3Br)ccc2c1. The van der Waals surface area contributed by atoms with Crippen LogP contribution >= 0.6 is 27.7 Å². The Morgan fingerprint density at radius 1 is 1.29 bits per heavy atom. The molecule has 0 bridgehead atoms. The normalized spacial score (nSPS) is 16.1. The standard InChI is InChI=1S/C19H16BrN3O4S/c1-26-13-5-4-10-6-12(3-2-11(10)7-13)17-14(20)8-15(27-17)18-21-19(23-22-18)28-9-16(24)25/h2-8,19,23H,9H2,1H3,(H,21,22)(H,24,25). The van der Waals surface area contributed by atoms with Crippen molar-refractivity contribution in [3.63, 3.8) is 0 Å². The van der Waals surface area contributed by atoms with Gasteiger partial charge >= 0.3 is 5.97 Å². The molecule has 28 heavy (non-hydrogen) atoms. The van der Waals surface area contributed by atoms with Gasteiger partial charge in [-0.25, -0.2) is 10.4 Å².